The highest BCUT2D eigenvalue weighted by atomic mass is 19.1. The summed E-state index contributed by atoms with van der Waals surface area (Å²) in [6.07, 6.45) is -0.170. The van der Waals surface area contributed by atoms with Crippen LogP contribution in [0.25, 0.3) is 0 Å². The lowest BCUT2D eigenvalue weighted by Gasteiger charge is -2.15. The minimum Gasteiger partial charge on any atom is -0.491 e. The van der Waals surface area contributed by atoms with E-state index in [9.17, 15) is 9.50 Å². The third-order valence-electron chi connectivity index (χ3n) is 2.43. The van der Waals surface area contributed by atoms with Gasteiger partial charge in [0.2, 0.25) is 0 Å². The van der Waals surface area contributed by atoms with Gasteiger partial charge in [-0.25, -0.2) is 4.39 Å². The third kappa shape index (κ3) is 5.87. The van der Waals surface area contributed by atoms with Gasteiger partial charge in [0.15, 0.2) is 0 Å². The maximum Gasteiger partial charge on any atom is 0.142 e. The average molecular weight is 273 g/mol. The summed E-state index contributed by atoms with van der Waals surface area (Å²) in [6.45, 7) is 0.810. The van der Waals surface area contributed by atoms with Gasteiger partial charge in [-0.3, -0.25) is 0 Å². The Kier molecular flexibility index (Phi) is 7.17. The second-order valence-electron chi connectivity index (χ2n) is 4.05. The predicted molar refractivity (Wildman–Crippen MR) is 70.0 cm³/mol. The van der Waals surface area contributed by atoms with Crippen LogP contribution in [0, 0.1) is 5.82 Å². The Hall–Kier alpha value is -1.37. The molecule has 5 nitrogen and oxygen atoms in total. The van der Waals surface area contributed by atoms with E-state index >= 15 is 0 Å². The molecule has 0 heterocycles. The number of hydrogen-bond acceptors (Lipinski definition) is 5. The SMILES string of the molecule is COCCCOc1ccc(F)cc1NCC(O)CO. The molecule has 1 rings (SSSR count). The molecule has 1 aromatic carbocycles. The standard InChI is InChI=1S/C13H20FNO4/c1-18-5-2-6-19-13-4-3-10(14)7-12(13)15-8-11(17)9-16/h3-4,7,11,15-17H,2,5-6,8-9H2,1H3. The molecule has 0 amide bonds. The molecule has 0 fully saturated rings. The normalized spacial score (nSPS) is 12.2. The van der Waals surface area contributed by atoms with Gasteiger partial charge < -0.3 is 25.0 Å². The minimum atomic E-state index is -0.899. The van der Waals surface area contributed by atoms with Crippen molar-refractivity contribution >= 4 is 5.69 Å². The monoisotopic (exact) mass is 273 g/mol. The summed E-state index contributed by atoms with van der Waals surface area (Å²) in [5.41, 5.74) is 0.449. The number of nitrogens with one attached hydrogen (secondary N) is 1. The van der Waals surface area contributed by atoms with Crippen LogP contribution in [0.4, 0.5) is 10.1 Å². The van der Waals surface area contributed by atoms with Crippen LogP contribution in [0.3, 0.4) is 0 Å². The molecule has 1 unspecified atom stereocenters. The molecular formula is C13H20FNO4. The van der Waals surface area contributed by atoms with Gasteiger partial charge in [-0.2, -0.15) is 0 Å². The summed E-state index contributed by atoms with van der Waals surface area (Å²) in [7, 11) is 1.61. The average Bonchev–Trinajstić information content (AvgIpc) is 2.42. The lowest BCUT2D eigenvalue weighted by Crippen LogP contribution is -2.23. The first-order valence-corrected chi connectivity index (χ1v) is 6.11. The van der Waals surface area contributed by atoms with Gasteiger partial charge in [-0.15, -0.1) is 0 Å². The van der Waals surface area contributed by atoms with E-state index in [1.807, 2.05) is 0 Å². The highest BCUT2D eigenvalue weighted by Crippen LogP contribution is 2.25. The summed E-state index contributed by atoms with van der Waals surface area (Å²) in [5.74, 6) is 0.105. The molecule has 0 aliphatic rings. The van der Waals surface area contributed by atoms with Crippen molar-refractivity contribution in [2.24, 2.45) is 0 Å². The van der Waals surface area contributed by atoms with Crippen LogP contribution < -0.4 is 10.1 Å². The molecule has 0 bridgehead atoms. The summed E-state index contributed by atoms with van der Waals surface area (Å²) < 4.78 is 23.6. The lowest BCUT2D eigenvalue weighted by atomic mass is 10.2. The van der Waals surface area contributed by atoms with Crippen LogP contribution in [-0.2, 0) is 4.74 Å². The zero-order valence-corrected chi connectivity index (χ0v) is 10.9. The first-order chi connectivity index (χ1) is 9.17. The largest absolute Gasteiger partial charge is 0.491 e. The quantitative estimate of drug-likeness (QED) is 0.586. The van der Waals surface area contributed by atoms with E-state index in [-0.39, 0.29) is 13.2 Å². The zero-order chi connectivity index (χ0) is 14.1. The molecule has 0 aliphatic heterocycles. The molecule has 0 saturated carbocycles. The van der Waals surface area contributed by atoms with Gasteiger partial charge >= 0.3 is 0 Å². The van der Waals surface area contributed by atoms with E-state index in [0.717, 1.165) is 6.42 Å². The Bertz CT molecular complexity index is 376. The molecule has 19 heavy (non-hydrogen) atoms. The molecule has 1 atom stereocenters. The number of rotatable bonds is 9. The molecule has 1 aromatic rings. The molecule has 6 heteroatoms. The summed E-state index contributed by atoms with van der Waals surface area (Å²) >= 11 is 0. The third-order valence-corrected chi connectivity index (χ3v) is 2.43. The predicted octanol–water partition coefficient (Wildman–Crippen LogP) is 1.01. The number of benzene rings is 1. The van der Waals surface area contributed by atoms with Gasteiger partial charge in [0.05, 0.1) is 25.0 Å². The van der Waals surface area contributed by atoms with Crippen molar-refractivity contribution in [2.75, 3.05) is 38.8 Å². The van der Waals surface area contributed by atoms with Crippen LogP contribution in [0.1, 0.15) is 6.42 Å². The number of methoxy groups -OCH3 is 1. The van der Waals surface area contributed by atoms with Crippen molar-refractivity contribution in [3.8, 4) is 5.75 Å². The summed E-state index contributed by atoms with van der Waals surface area (Å²) in [4.78, 5) is 0. The van der Waals surface area contributed by atoms with Crippen LogP contribution in [0.5, 0.6) is 5.75 Å². The van der Waals surface area contributed by atoms with Crippen molar-refractivity contribution in [1.29, 1.82) is 0 Å². The highest BCUT2D eigenvalue weighted by Gasteiger charge is 2.08. The highest BCUT2D eigenvalue weighted by molar-refractivity contribution is 5.56. The van der Waals surface area contributed by atoms with Crippen LogP contribution in [-0.4, -0.2) is 49.8 Å². The van der Waals surface area contributed by atoms with E-state index < -0.39 is 11.9 Å². The van der Waals surface area contributed by atoms with Gasteiger partial charge in [-0.05, 0) is 12.1 Å². The first-order valence-electron chi connectivity index (χ1n) is 6.11. The van der Waals surface area contributed by atoms with Gasteiger partial charge in [0.25, 0.3) is 0 Å². The molecule has 3 N–H and O–H groups in total. The van der Waals surface area contributed by atoms with E-state index in [1.54, 1.807) is 7.11 Å². The zero-order valence-electron chi connectivity index (χ0n) is 10.9. The van der Waals surface area contributed by atoms with Crippen molar-refractivity contribution in [2.45, 2.75) is 12.5 Å². The number of ether oxygens (including phenoxy) is 2. The molecule has 0 saturated heterocycles. The van der Waals surface area contributed by atoms with E-state index in [4.69, 9.17) is 14.6 Å². The van der Waals surface area contributed by atoms with Crippen LogP contribution >= 0.6 is 0 Å². The molecule has 0 aromatic heterocycles. The van der Waals surface area contributed by atoms with Crippen molar-refractivity contribution in [3.63, 3.8) is 0 Å². The molecule has 0 spiro atoms. The number of halogens is 1. The second-order valence-corrected chi connectivity index (χ2v) is 4.05. The Morgan fingerprint density at radius 2 is 2.16 bits per heavy atom. The Morgan fingerprint density at radius 1 is 1.37 bits per heavy atom. The van der Waals surface area contributed by atoms with Crippen LogP contribution in [0.2, 0.25) is 0 Å². The number of aliphatic hydroxyl groups excluding tert-OH is 2. The van der Waals surface area contributed by atoms with Gasteiger partial charge in [0.1, 0.15) is 11.6 Å². The van der Waals surface area contributed by atoms with Gasteiger partial charge in [0, 0.05) is 32.7 Å². The summed E-state index contributed by atoms with van der Waals surface area (Å²) in [5, 5.41) is 20.8. The molecule has 0 aliphatic carbocycles. The van der Waals surface area contributed by atoms with Crippen molar-refractivity contribution in [1.82, 2.24) is 0 Å². The topological polar surface area (TPSA) is 71.0 Å². The fourth-order valence-corrected chi connectivity index (χ4v) is 1.44. The van der Waals surface area contributed by atoms with E-state index in [1.165, 1.54) is 18.2 Å². The Balaban J connectivity index is 2.58. The van der Waals surface area contributed by atoms with Crippen LogP contribution in [0.15, 0.2) is 18.2 Å². The maximum atomic E-state index is 13.2. The van der Waals surface area contributed by atoms with Crippen molar-refractivity contribution in [3.05, 3.63) is 24.0 Å². The first kappa shape index (κ1) is 15.7. The molecular weight excluding hydrogens is 253 g/mol. The molecule has 108 valence electrons. The number of anilines is 1. The van der Waals surface area contributed by atoms with Crippen molar-refractivity contribution < 1.29 is 24.1 Å². The second kappa shape index (κ2) is 8.68. The lowest BCUT2D eigenvalue weighted by molar-refractivity contribution is 0.105. The Morgan fingerprint density at radius 3 is 2.84 bits per heavy atom. The minimum absolute atomic E-state index is 0.119. The molecule has 0 radical (unpaired) electrons. The van der Waals surface area contributed by atoms with E-state index in [0.29, 0.717) is 24.7 Å². The number of hydrogen-bond donors (Lipinski definition) is 3. The van der Waals surface area contributed by atoms with Gasteiger partial charge in [-0.1, -0.05) is 0 Å². The number of aliphatic hydroxyl groups is 2. The Labute approximate surface area is 112 Å². The van der Waals surface area contributed by atoms with E-state index in [2.05, 4.69) is 5.32 Å². The summed E-state index contributed by atoms with van der Waals surface area (Å²) in [6, 6.07) is 4.12. The fourth-order valence-electron chi connectivity index (χ4n) is 1.44. The fraction of sp³-hybridized carbons (Fsp3) is 0.538. The maximum absolute atomic E-state index is 13.2. The smallest absolute Gasteiger partial charge is 0.142 e.